The molecule has 0 aromatic rings. The molecule has 0 heterocycles. The zero-order valence-electron chi connectivity index (χ0n) is 7.73. The number of hydrogen-bond donors (Lipinski definition) is 1. The largest absolute Gasteiger partial charge is 0.344 e. The lowest BCUT2D eigenvalue weighted by atomic mass is 9.84. The number of rotatable bonds is 2. The first kappa shape index (κ1) is 10.7. The highest BCUT2D eigenvalue weighted by molar-refractivity contribution is 4.97. The maximum absolute atomic E-state index is 4.01. The summed E-state index contributed by atoms with van der Waals surface area (Å²) in [6.45, 7) is 6.29. The summed E-state index contributed by atoms with van der Waals surface area (Å²) in [5, 5.41) is 0. The van der Waals surface area contributed by atoms with Gasteiger partial charge in [0.05, 0.1) is 0 Å². The molecule has 0 saturated heterocycles. The number of hydrogen-bond acceptors (Lipinski definition) is 1. The molecular formula is C10H23N. The van der Waals surface area contributed by atoms with Gasteiger partial charge in [-0.3, -0.25) is 0 Å². The van der Waals surface area contributed by atoms with Crippen molar-refractivity contribution in [3.8, 4) is 0 Å². The van der Waals surface area contributed by atoms with Gasteiger partial charge < -0.3 is 6.15 Å². The van der Waals surface area contributed by atoms with Gasteiger partial charge in [-0.2, -0.15) is 0 Å². The molecule has 0 amide bonds. The van der Waals surface area contributed by atoms with Gasteiger partial charge in [0.1, 0.15) is 0 Å². The molecule has 1 rings (SSSR count). The van der Waals surface area contributed by atoms with Crippen molar-refractivity contribution >= 4 is 0 Å². The Morgan fingerprint density at radius 2 is 2.00 bits per heavy atom. The summed E-state index contributed by atoms with van der Waals surface area (Å²) in [6, 6.07) is 0. The molecule has 1 aliphatic carbocycles. The van der Waals surface area contributed by atoms with E-state index < -0.39 is 0 Å². The Kier molecular flexibility index (Phi) is 5.22. The van der Waals surface area contributed by atoms with E-state index in [2.05, 4.69) is 13.5 Å². The fourth-order valence-electron chi connectivity index (χ4n) is 1.78. The summed E-state index contributed by atoms with van der Waals surface area (Å²) in [7, 11) is 0. The molecule has 0 atom stereocenters. The van der Waals surface area contributed by atoms with E-state index >= 15 is 0 Å². The summed E-state index contributed by atoms with van der Waals surface area (Å²) in [5.74, 6) is 1.02. The summed E-state index contributed by atoms with van der Waals surface area (Å²) in [5.41, 5.74) is 1.48. The minimum absolute atomic E-state index is 0. The van der Waals surface area contributed by atoms with Crippen molar-refractivity contribution in [1.82, 2.24) is 6.15 Å². The molecule has 0 bridgehead atoms. The third kappa shape index (κ3) is 3.57. The standard InChI is InChI=1S/C10H18.H3N.H2/c1-3-4-10-7-5-9(2)6-8-10;;/h10H,2-8H2,1H3;1H3;1H. The van der Waals surface area contributed by atoms with Gasteiger partial charge in [0.15, 0.2) is 0 Å². The molecule has 68 valence electrons. The lowest BCUT2D eigenvalue weighted by Crippen LogP contribution is -2.06. The van der Waals surface area contributed by atoms with Gasteiger partial charge in [-0.15, -0.1) is 0 Å². The molecule has 1 fully saturated rings. The zero-order valence-corrected chi connectivity index (χ0v) is 7.73. The van der Waals surface area contributed by atoms with Crippen LogP contribution in [0.3, 0.4) is 0 Å². The van der Waals surface area contributed by atoms with Gasteiger partial charge in [-0.25, -0.2) is 0 Å². The molecule has 1 saturated carbocycles. The molecule has 11 heavy (non-hydrogen) atoms. The van der Waals surface area contributed by atoms with E-state index in [9.17, 15) is 0 Å². The van der Waals surface area contributed by atoms with Gasteiger partial charge in [-0.05, 0) is 31.6 Å². The molecule has 1 aliphatic rings. The van der Waals surface area contributed by atoms with Crippen molar-refractivity contribution in [1.29, 1.82) is 0 Å². The number of allylic oxidation sites excluding steroid dienone is 1. The molecular weight excluding hydrogens is 134 g/mol. The Balaban J connectivity index is 0. The molecule has 0 spiro atoms. The Hall–Kier alpha value is -0.300. The Labute approximate surface area is 71.9 Å². The van der Waals surface area contributed by atoms with Crippen molar-refractivity contribution < 1.29 is 1.43 Å². The minimum atomic E-state index is 0. The first-order valence-corrected chi connectivity index (χ1v) is 4.49. The maximum Gasteiger partial charge on any atom is 0 e. The second-order valence-corrected chi connectivity index (χ2v) is 3.48. The van der Waals surface area contributed by atoms with Crippen LogP contribution in [-0.4, -0.2) is 0 Å². The zero-order chi connectivity index (χ0) is 7.40. The first-order valence-electron chi connectivity index (χ1n) is 4.49. The van der Waals surface area contributed by atoms with Crippen LogP contribution < -0.4 is 6.15 Å². The molecule has 1 heteroatoms. The highest BCUT2D eigenvalue weighted by Gasteiger charge is 2.13. The van der Waals surface area contributed by atoms with Crippen LogP contribution in [0.1, 0.15) is 46.9 Å². The Morgan fingerprint density at radius 3 is 2.45 bits per heavy atom. The van der Waals surface area contributed by atoms with Crippen molar-refractivity contribution in [2.24, 2.45) is 5.92 Å². The Bertz CT molecular complexity index is 113. The van der Waals surface area contributed by atoms with E-state index in [1.54, 1.807) is 0 Å². The van der Waals surface area contributed by atoms with Gasteiger partial charge >= 0.3 is 0 Å². The SMILES string of the molecule is C=C1CCC(CCC)CC1.N.[HH]. The molecule has 0 aliphatic heterocycles. The normalized spacial score (nSPS) is 19.5. The average molecular weight is 157 g/mol. The molecule has 3 N–H and O–H groups in total. The third-order valence-electron chi connectivity index (χ3n) is 2.51. The quantitative estimate of drug-likeness (QED) is 0.605. The van der Waals surface area contributed by atoms with Crippen LogP contribution in [-0.2, 0) is 0 Å². The van der Waals surface area contributed by atoms with E-state index in [4.69, 9.17) is 0 Å². The lowest BCUT2D eigenvalue weighted by molar-refractivity contribution is 0.381. The molecule has 0 aromatic carbocycles. The monoisotopic (exact) mass is 157 g/mol. The summed E-state index contributed by atoms with van der Waals surface area (Å²) in [4.78, 5) is 0. The molecule has 0 aromatic heterocycles. The van der Waals surface area contributed by atoms with Crippen LogP contribution in [0.5, 0.6) is 0 Å². The van der Waals surface area contributed by atoms with Crippen molar-refractivity contribution in [3.05, 3.63) is 12.2 Å². The third-order valence-corrected chi connectivity index (χ3v) is 2.51. The maximum atomic E-state index is 4.01. The minimum Gasteiger partial charge on any atom is -0.344 e. The van der Waals surface area contributed by atoms with Crippen molar-refractivity contribution in [2.45, 2.75) is 45.4 Å². The molecule has 0 radical (unpaired) electrons. The van der Waals surface area contributed by atoms with Crippen molar-refractivity contribution in [3.63, 3.8) is 0 Å². The topological polar surface area (TPSA) is 35.0 Å². The summed E-state index contributed by atoms with van der Waals surface area (Å²) < 4.78 is 0. The van der Waals surface area contributed by atoms with Gasteiger partial charge in [-0.1, -0.05) is 31.9 Å². The van der Waals surface area contributed by atoms with Crippen LogP contribution in [0, 0.1) is 5.92 Å². The van der Waals surface area contributed by atoms with E-state index in [0.717, 1.165) is 5.92 Å². The average Bonchev–Trinajstić information content (AvgIpc) is 1.95. The van der Waals surface area contributed by atoms with E-state index in [1.165, 1.54) is 44.1 Å². The highest BCUT2D eigenvalue weighted by Crippen LogP contribution is 2.29. The highest BCUT2D eigenvalue weighted by atomic mass is 14.2. The van der Waals surface area contributed by atoms with Crippen molar-refractivity contribution in [2.75, 3.05) is 0 Å². The molecule has 1 nitrogen and oxygen atoms in total. The van der Waals surface area contributed by atoms with E-state index in [-0.39, 0.29) is 7.58 Å². The fourth-order valence-corrected chi connectivity index (χ4v) is 1.78. The second-order valence-electron chi connectivity index (χ2n) is 3.48. The second kappa shape index (κ2) is 5.36. The van der Waals surface area contributed by atoms with Gasteiger partial charge in [0, 0.05) is 1.43 Å². The lowest BCUT2D eigenvalue weighted by Gasteiger charge is -2.22. The Morgan fingerprint density at radius 1 is 1.45 bits per heavy atom. The predicted molar refractivity (Wildman–Crippen MR) is 53.1 cm³/mol. The van der Waals surface area contributed by atoms with E-state index in [0.29, 0.717) is 0 Å². The van der Waals surface area contributed by atoms with Gasteiger partial charge in [0.2, 0.25) is 0 Å². The molecule has 0 unspecified atom stereocenters. The van der Waals surface area contributed by atoms with Gasteiger partial charge in [0.25, 0.3) is 0 Å². The van der Waals surface area contributed by atoms with Crippen LogP contribution in [0.4, 0.5) is 0 Å². The first-order chi connectivity index (χ1) is 4.83. The smallest absolute Gasteiger partial charge is 0 e. The van der Waals surface area contributed by atoms with Crippen LogP contribution in [0.2, 0.25) is 0 Å². The predicted octanol–water partition coefficient (Wildman–Crippen LogP) is 3.94. The summed E-state index contributed by atoms with van der Waals surface area (Å²) in [6.07, 6.45) is 8.21. The van der Waals surface area contributed by atoms with Crippen LogP contribution in [0.15, 0.2) is 12.2 Å². The van der Waals surface area contributed by atoms with Crippen LogP contribution >= 0.6 is 0 Å². The van der Waals surface area contributed by atoms with E-state index in [1.807, 2.05) is 0 Å². The summed E-state index contributed by atoms with van der Waals surface area (Å²) >= 11 is 0. The fraction of sp³-hybridized carbons (Fsp3) is 0.800. The van der Waals surface area contributed by atoms with Crippen LogP contribution in [0.25, 0.3) is 0 Å².